The largest absolute Gasteiger partial charge is 0.481 e. The van der Waals surface area contributed by atoms with Gasteiger partial charge in [-0.1, -0.05) is 23.7 Å². The normalized spacial score (nSPS) is 18.0. The fourth-order valence-electron chi connectivity index (χ4n) is 3.11. The Hall–Kier alpha value is -0.880. The van der Waals surface area contributed by atoms with Gasteiger partial charge in [0.25, 0.3) is 0 Å². The molecule has 1 N–H and O–H groups in total. The quantitative estimate of drug-likeness (QED) is 0.761. The molecule has 3 nitrogen and oxygen atoms in total. The Morgan fingerprint density at radius 2 is 2.04 bits per heavy atom. The molecule has 2 aromatic rings. The van der Waals surface area contributed by atoms with Crippen molar-refractivity contribution in [2.24, 2.45) is 5.92 Å². The van der Waals surface area contributed by atoms with E-state index in [1.54, 1.807) is 11.3 Å². The minimum atomic E-state index is -0.678. The zero-order chi connectivity index (χ0) is 16.4. The van der Waals surface area contributed by atoms with Crippen LogP contribution >= 0.6 is 38.9 Å². The van der Waals surface area contributed by atoms with Crippen molar-refractivity contribution in [3.05, 3.63) is 55.6 Å². The van der Waals surface area contributed by atoms with E-state index in [1.807, 2.05) is 18.2 Å². The van der Waals surface area contributed by atoms with Gasteiger partial charge >= 0.3 is 5.97 Å². The Kier molecular flexibility index (Phi) is 5.42. The van der Waals surface area contributed by atoms with Crippen LogP contribution in [0.1, 0.15) is 29.3 Å². The van der Waals surface area contributed by atoms with E-state index >= 15 is 0 Å². The second-order valence-electron chi connectivity index (χ2n) is 5.75. The van der Waals surface area contributed by atoms with Gasteiger partial charge in [-0.25, -0.2) is 0 Å². The third-order valence-electron chi connectivity index (χ3n) is 4.27. The molecule has 23 heavy (non-hydrogen) atoms. The van der Waals surface area contributed by atoms with Crippen LogP contribution in [0.4, 0.5) is 0 Å². The molecule has 0 bridgehead atoms. The Morgan fingerprint density at radius 1 is 1.30 bits per heavy atom. The fraction of sp³-hybridized carbons (Fsp3) is 0.353. The molecule has 1 saturated heterocycles. The van der Waals surface area contributed by atoms with Gasteiger partial charge in [-0.15, -0.1) is 11.3 Å². The molecule has 1 aromatic heterocycles. The van der Waals surface area contributed by atoms with E-state index in [0.717, 1.165) is 27.5 Å². The number of halogens is 2. The van der Waals surface area contributed by atoms with Crippen molar-refractivity contribution >= 4 is 44.8 Å². The number of thiophene rings is 1. The fourth-order valence-corrected chi connectivity index (χ4v) is 4.90. The zero-order valence-corrected chi connectivity index (χ0v) is 15.6. The van der Waals surface area contributed by atoms with Crippen LogP contribution in [0, 0.1) is 5.92 Å². The Labute approximate surface area is 153 Å². The second-order valence-corrected chi connectivity index (χ2v) is 8.68. The molecule has 1 fully saturated rings. The molecule has 1 atom stereocenters. The number of piperidine rings is 1. The SMILES string of the molecule is O=C(O)C1CCN(C(c2cccc(Cl)c2)c2ccc(Br)s2)CC1. The molecule has 1 unspecified atom stereocenters. The Balaban J connectivity index is 1.89. The predicted octanol–water partition coefficient (Wildman–Crippen LogP) is 5.05. The molecule has 0 saturated carbocycles. The lowest BCUT2D eigenvalue weighted by molar-refractivity contribution is -0.143. The Morgan fingerprint density at radius 3 is 2.61 bits per heavy atom. The molecule has 1 aliphatic heterocycles. The number of carboxylic acid groups (broad SMARTS) is 1. The van der Waals surface area contributed by atoms with Gasteiger partial charge in [-0.2, -0.15) is 0 Å². The lowest BCUT2D eigenvalue weighted by Gasteiger charge is -2.36. The maximum absolute atomic E-state index is 11.2. The molecule has 3 rings (SSSR count). The summed E-state index contributed by atoms with van der Waals surface area (Å²) in [6, 6.07) is 12.3. The van der Waals surface area contributed by atoms with Crippen LogP contribution in [0.15, 0.2) is 40.2 Å². The van der Waals surface area contributed by atoms with Gasteiger partial charge in [0, 0.05) is 9.90 Å². The summed E-state index contributed by atoms with van der Waals surface area (Å²) in [6.07, 6.45) is 1.39. The van der Waals surface area contributed by atoms with Gasteiger partial charge in [-0.05, 0) is 71.7 Å². The molecule has 0 radical (unpaired) electrons. The van der Waals surface area contributed by atoms with Crippen LogP contribution in [0.25, 0.3) is 0 Å². The summed E-state index contributed by atoms with van der Waals surface area (Å²) < 4.78 is 1.10. The van der Waals surface area contributed by atoms with E-state index in [9.17, 15) is 9.90 Å². The lowest BCUT2D eigenvalue weighted by Crippen LogP contribution is -2.39. The number of carboxylic acids is 1. The van der Waals surface area contributed by atoms with Crippen molar-refractivity contribution in [1.82, 2.24) is 4.90 Å². The van der Waals surface area contributed by atoms with Crippen LogP contribution in [0.2, 0.25) is 5.02 Å². The number of aliphatic carboxylic acids is 1. The number of likely N-dealkylation sites (tertiary alicyclic amines) is 1. The van der Waals surface area contributed by atoms with Crippen molar-refractivity contribution in [2.45, 2.75) is 18.9 Å². The minimum Gasteiger partial charge on any atom is -0.481 e. The number of hydrogen-bond acceptors (Lipinski definition) is 3. The summed E-state index contributed by atoms with van der Waals surface area (Å²) in [4.78, 5) is 14.8. The van der Waals surface area contributed by atoms with E-state index in [2.05, 4.69) is 39.0 Å². The molecular formula is C17H17BrClNO2S. The smallest absolute Gasteiger partial charge is 0.306 e. The summed E-state index contributed by atoms with van der Waals surface area (Å²) in [7, 11) is 0. The number of benzene rings is 1. The van der Waals surface area contributed by atoms with Gasteiger partial charge in [-0.3, -0.25) is 9.69 Å². The predicted molar refractivity (Wildman–Crippen MR) is 97.2 cm³/mol. The first kappa shape index (κ1) is 17.0. The second kappa shape index (κ2) is 7.34. The highest BCUT2D eigenvalue weighted by atomic mass is 79.9. The minimum absolute atomic E-state index is 0.125. The highest BCUT2D eigenvalue weighted by Gasteiger charge is 2.30. The van der Waals surface area contributed by atoms with Gasteiger partial charge in [0.1, 0.15) is 0 Å². The standard InChI is InChI=1S/C17H17BrClNO2S/c18-15-5-4-14(23-15)16(12-2-1-3-13(19)10-12)20-8-6-11(7-9-20)17(21)22/h1-5,10-11,16H,6-9H2,(H,21,22). The van der Waals surface area contributed by atoms with Crippen molar-refractivity contribution in [3.63, 3.8) is 0 Å². The molecular weight excluding hydrogens is 398 g/mol. The Bertz CT molecular complexity index is 697. The molecule has 122 valence electrons. The van der Waals surface area contributed by atoms with Crippen LogP contribution < -0.4 is 0 Å². The van der Waals surface area contributed by atoms with Gasteiger partial charge < -0.3 is 5.11 Å². The van der Waals surface area contributed by atoms with Crippen molar-refractivity contribution in [2.75, 3.05) is 13.1 Å². The maximum Gasteiger partial charge on any atom is 0.306 e. The van der Waals surface area contributed by atoms with Gasteiger partial charge in [0.15, 0.2) is 0 Å². The third kappa shape index (κ3) is 3.97. The zero-order valence-electron chi connectivity index (χ0n) is 12.4. The van der Waals surface area contributed by atoms with E-state index in [4.69, 9.17) is 11.6 Å². The maximum atomic E-state index is 11.2. The van der Waals surface area contributed by atoms with Crippen molar-refractivity contribution < 1.29 is 9.90 Å². The molecule has 0 spiro atoms. The monoisotopic (exact) mass is 413 g/mol. The molecule has 0 amide bonds. The summed E-state index contributed by atoms with van der Waals surface area (Å²) >= 11 is 11.4. The molecule has 0 aliphatic carbocycles. The van der Waals surface area contributed by atoms with Crippen LogP contribution in [-0.2, 0) is 4.79 Å². The number of rotatable bonds is 4. The summed E-state index contributed by atoms with van der Waals surface area (Å²) in [5.41, 5.74) is 1.15. The van der Waals surface area contributed by atoms with Crippen LogP contribution in [0.5, 0.6) is 0 Å². The van der Waals surface area contributed by atoms with Gasteiger partial charge in [0.2, 0.25) is 0 Å². The average molecular weight is 415 g/mol. The summed E-state index contributed by atoms with van der Waals surface area (Å²) in [5.74, 6) is -0.899. The van der Waals surface area contributed by atoms with E-state index in [1.165, 1.54) is 4.88 Å². The molecule has 1 aliphatic rings. The van der Waals surface area contributed by atoms with Gasteiger partial charge in [0.05, 0.1) is 15.7 Å². The number of hydrogen-bond donors (Lipinski definition) is 1. The summed E-state index contributed by atoms with van der Waals surface area (Å²) in [5, 5.41) is 9.92. The first-order valence-corrected chi connectivity index (χ1v) is 9.51. The molecule has 1 aromatic carbocycles. The average Bonchev–Trinajstić information content (AvgIpc) is 2.94. The lowest BCUT2D eigenvalue weighted by atomic mass is 9.94. The number of carbonyl (C=O) groups is 1. The van der Waals surface area contributed by atoms with Crippen LogP contribution in [-0.4, -0.2) is 29.1 Å². The van der Waals surface area contributed by atoms with E-state index < -0.39 is 5.97 Å². The molecule has 6 heteroatoms. The highest BCUT2D eigenvalue weighted by Crippen LogP contribution is 2.38. The van der Waals surface area contributed by atoms with Crippen LogP contribution in [0.3, 0.4) is 0 Å². The summed E-state index contributed by atoms with van der Waals surface area (Å²) in [6.45, 7) is 1.56. The van der Waals surface area contributed by atoms with Crippen molar-refractivity contribution in [3.8, 4) is 0 Å². The van der Waals surface area contributed by atoms with Crippen molar-refractivity contribution in [1.29, 1.82) is 0 Å². The van der Waals surface area contributed by atoms with E-state index in [-0.39, 0.29) is 12.0 Å². The number of nitrogens with zero attached hydrogens (tertiary/aromatic N) is 1. The molecule has 2 heterocycles. The highest BCUT2D eigenvalue weighted by molar-refractivity contribution is 9.11. The third-order valence-corrected chi connectivity index (χ3v) is 6.18. The first-order chi connectivity index (χ1) is 11.0. The first-order valence-electron chi connectivity index (χ1n) is 7.52. The topological polar surface area (TPSA) is 40.5 Å². The van der Waals surface area contributed by atoms with E-state index in [0.29, 0.717) is 12.8 Å².